The number of carbonyl (C=O) groups is 3. The first-order chi connectivity index (χ1) is 7.61. The van der Waals surface area contributed by atoms with Crippen molar-refractivity contribution in [2.24, 2.45) is 0 Å². The Morgan fingerprint density at radius 1 is 1.31 bits per heavy atom. The highest BCUT2D eigenvalue weighted by Crippen LogP contribution is 2.19. The van der Waals surface area contributed by atoms with Crippen LogP contribution in [0.5, 0.6) is 0 Å². The number of imide groups is 3. The maximum atomic E-state index is 11.8. The van der Waals surface area contributed by atoms with Gasteiger partial charge in [0, 0.05) is 13.0 Å². The third kappa shape index (κ3) is 1.80. The Labute approximate surface area is 93.6 Å². The molecule has 0 aliphatic carbocycles. The molecule has 2 aliphatic rings. The minimum absolute atomic E-state index is 0.0447. The number of amides is 4. The molecular formula is C10H15N3O3. The minimum Gasteiger partial charge on any atom is -0.317 e. The Bertz CT molecular complexity index is 336. The molecule has 0 unspecified atom stereocenters. The molecule has 2 rings (SSSR count). The molecule has 2 saturated heterocycles. The zero-order chi connectivity index (χ0) is 11.7. The first-order valence-electron chi connectivity index (χ1n) is 5.46. The average Bonchev–Trinajstić information content (AvgIpc) is 2.55. The lowest BCUT2D eigenvalue weighted by molar-refractivity contribution is -0.136. The van der Waals surface area contributed by atoms with E-state index in [-0.39, 0.29) is 12.6 Å². The van der Waals surface area contributed by atoms with Crippen molar-refractivity contribution in [3.05, 3.63) is 0 Å². The van der Waals surface area contributed by atoms with Gasteiger partial charge < -0.3 is 10.2 Å². The maximum absolute atomic E-state index is 11.8. The predicted octanol–water partition coefficient (Wildman–Crippen LogP) is -0.451. The number of hydrogen-bond donors (Lipinski definition) is 1. The second-order valence-corrected chi connectivity index (χ2v) is 4.14. The summed E-state index contributed by atoms with van der Waals surface area (Å²) in [6.45, 7) is 2.98. The third-order valence-corrected chi connectivity index (χ3v) is 3.06. The van der Waals surface area contributed by atoms with Crippen LogP contribution in [0.4, 0.5) is 4.79 Å². The second kappa shape index (κ2) is 4.21. The van der Waals surface area contributed by atoms with Gasteiger partial charge >= 0.3 is 6.03 Å². The molecule has 2 aliphatic heterocycles. The predicted molar refractivity (Wildman–Crippen MR) is 55.5 cm³/mol. The molecule has 16 heavy (non-hydrogen) atoms. The van der Waals surface area contributed by atoms with E-state index in [2.05, 4.69) is 5.32 Å². The summed E-state index contributed by atoms with van der Waals surface area (Å²) < 4.78 is 0. The van der Waals surface area contributed by atoms with Gasteiger partial charge in [-0.05, 0) is 25.9 Å². The van der Waals surface area contributed by atoms with Crippen molar-refractivity contribution in [3.63, 3.8) is 0 Å². The fourth-order valence-corrected chi connectivity index (χ4v) is 2.23. The molecule has 2 fully saturated rings. The molecule has 88 valence electrons. The summed E-state index contributed by atoms with van der Waals surface area (Å²) in [6.07, 6.45) is 1.68. The van der Waals surface area contributed by atoms with Gasteiger partial charge in [-0.3, -0.25) is 9.59 Å². The summed E-state index contributed by atoms with van der Waals surface area (Å²) in [4.78, 5) is 36.7. The molecule has 6 nitrogen and oxygen atoms in total. The Balaban J connectivity index is 2.10. The van der Waals surface area contributed by atoms with Crippen LogP contribution in [0.15, 0.2) is 0 Å². The molecule has 0 aromatic rings. The maximum Gasteiger partial charge on any atom is 0.334 e. The van der Waals surface area contributed by atoms with Gasteiger partial charge in [0.05, 0.1) is 0 Å². The van der Waals surface area contributed by atoms with E-state index in [9.17, 15) is 14.4 Å². The van der Waals surface area contributed by atoms with Crippen LogP contribution in [-0.4, -0.2) is 53.3 Å². The van der Waals surface area contributed by atoms with E-state index in [1.165, 1.54) is 11.8 Å². The van der Waals surface area contributed by atoms with Gasteiger partial charge in [-0.1, -0.05) is 0 Å². The summed E-state index contributed by atoms with van der Waals surface area (Å²) in [5.74, 6) is -0.900. The van der Waals surface area contributed by atoms with Gasteiger partial charge in [-0.25, -0.2) is 4.79 Å². The smallest absolute Gasteiger partial charge is 0.317 e. The third-order valence-electron chi connectivity index (χ3n) is 3.06. The highest BCUT2D eigenvalue weighted by atomic mass is 16.2. The standard InChI is InChI=1S/C10H15N3O3/c1-7(14)13-9(15)6-12(10(13)16)8-2-4-11-5-3-8/h8,11H,2-6H2,1H3. The molecule has 0 aromatic heterocycles. The van der Waals surface area contributed by atoms with E-state index < -0.39 is 17.8 Å². The first-order valence-corrected chi connectivity index (χ1v) is 5.46. The fraction of sp³-hybridized carbons (Fsp3) is 0.700. The average molecular weight is 225 g/mol. The highest BCUT2D eigenvalue weighted by molar-refractivity contribution is 6.14. The van der Waals surface area contributed by atoms with Crippen LogP contribution in [0.25, 0.3) is 0 Å². The number of nitrogens with zero attached hydrogens (tertiary/aromatic N) is 2. The molecule has 0 bridgehead atoms. The molecule has 4 amide bonds. The van der Waals surface area contributed by atoms with Crippen molar-refractivity contribution < 1.29 is 14.4 Å². The lowest BCUT2D eigenvalue weighted by Crippen LogP contribution is -2.45. The molecule has 0 aromatic carbocycles. The molecular weight excluding hydrogens is 210 g/mol. The lowest BCUT2D eigenvalue weighted by Gasteiger charge is -2.30. The van der Waals surface area contributed by atoms with Crippen molar-refractivity contribution in [2.45, 2.75) is 25.8 Å². The second-order valence-electron chi connectivity index (χ2n) is 4.14. The monoisotopic (exact) mass is 225 g/mol. The molecule has 0 spiro atoms. The molecule has 0 atom stereocenters. The number of nitrogens with one attached hydrogen (secondary N) is 1. The Morgan fingerprint density at radius 2 is 1.94 bits per heavy atom. The van der Waals surface area contributed by atoms with Crippen LogP contribution in [-0.2, 0) is 9.59 Å². The van der Waals surface area contributed by atoms with Gasteiger partial charge in [0.25, 0.3) is 5.91 Å². The van der Waals surface area contributed by atoms with Crippen molar-refractivity contribution in [3.8, 4) is 0 Å². The molecule has 1 N–H and O–H groups in total. The largest absolute Gasteiger partial charge is 0.334 e. The quantitative estimate of drug-likeness (QED) is 0.614. The van der Waals surface area contributed by atoms with E-state index >= 15 is 0 Å². The van der Waals surface area contributed by atoms with E-state index in [1.807, 2.05) is 0 Å². The zero-order valence-corrected chi connectivity index (χ0v) is 9.23. The van der Waals surface area contributed by atoms with E-state index in [1.54, 1.807) is 0 Å². The fourth-order valence-electron chi connectivity index (χ4n) is 2.23. The van der Waals surface area contributed by atoms with Crippen molar-refractivity contribution in [1.29, 1.82) is 0 Å². The number of urea groups is 1. The van der Waals surface area contributed by atoms with Crippen LogP contribution in [0, 0.1) is 0 Å². The zero-order valence-electron chi connectivity index (χ0n) is 9.23. The van der Waals surface area contributed by atoms with Gasteiger partial charge in [-0.2, -0.15) is 4.90 Å². The lowest BCUT2D eigenvalue weighted by atomic mass is 10.1. The van der Waals surface area contributed by atoms with Crippen LogP contribution >= 0.6 is 0 Å². The summed E-state index contributed by atoms with van der Waals surface area (Å²) >= 11 is 0. The number of carbonyl (C=O) groups excluding carboxylic acids is 3. The van der Waals surface area contributed by atoms with Gasteiger partial charge in [0.2, 0.25) is 5.91 Å². The summed E-state index contributed by atoms with van der Waals surface area (Å²) in [5, 5.41) is 3.19. The summed E-state index contributed by atoms with van der Waals surface area (Å²) in [6, 6.07) is -0.369. The molecule has 6 heteroatoms. The van der Waals surface area contributed by atoms with Gasteiger partial charge in [-0.15, -0.1) is 0 Å². The minimum atomic E-state index is -0.494. The molecule has 0 saturated carbocycles. The van der Waals surface area contributed by atoms with Crippen LogP contribution in [0.2, 0.25) is 0 Å². The number of piperidine rings is 1. The van der Waals surface area contributed by atoms with Gasteiger partial charge in [0.15, 0.2) is 0 Å². The normalized spacial score (nSPS) is 23.1. The highest BCUT2D eigenvalue weighted by Gasteiger charge is 2.42. The SMILES string of the molecule is CC(=O)N1C(=O)CN(C2CCNCC2)C1=O. The Hall–Kier alpha value is -1.43. The summed E-state index contributed by atoms with van der Waals surface area (Å²) in [7, 11) is 0. The van der Waals surface area contributed by atoms with E-state index in [4.69, 9.17) is 0 Å². The Morgan fingerprint density at radius 3 is 2.44 bits per heavy atom. The van der Waals surface area contributed by atoms with Crippen LogP contribution < -0.4 is 5.32 Å². The number of rotatable bonds is 1. The molecule has 0 radical (unpaired) electrons. The summed E-state index contributed by atoms with van der Waals surface area (Å²) in [5.41, 5.74) is 0. The molecule has 2 heterocycles. The van der Waals surface area contributed by atoms with E-state index in [0.29, 0.717) is 0 Å². The van der Waals surface area contributed by atoms with Crippen LogP contribution in [0.1, 0.15) is 19.8 Å². The first kappa shape index (κ1) is 11.1. The van der Waals surface area contributed by atoms with Crippen molar-refractivity contribution in [2.75, 3.05) is 19.6 Å². The van der Waals surface area contributed by atoms with Crippen molar-refractivity contribution in [1.82, 2.24) is 15.1 Å². The topological polar surface area (TPSA) is 69.7 Å². The van der Waals surface area contributed by atoms with Crippen molar-refractivity contribution >= 4 is 17.8 Å². The number of hydrogen-bond acceptors (Lipinski definition) is 4. The van der Waals surface area contributed by atoms with Crippen LogP contribution in [0.3, 0.4) is 0 Å². The van der Waals surface area contributed by atoms with Gasteiger partial charge in [0.1, 0.15) is 6.54 Å². The Kier molecular flexibility index (Phi) is 2.91. The van der Waals surface area contributed by atoms with E-state index in [0.717, 1.165) is 30.8 Å².